The highest BCUT2D eigenvalue weighted by atomic mass is 19.4. The van der Waals surface area contributed by atoms with Gasteiger partial charge >= 0.3 is 6.18 Å². The maximum absolute atomic E-state index is 11.3. The Hall–Kier alpha value is -0.720. The van der Waals surface area contributed by atoms with Crippen molar-refractivity contribution >= 4 is 0 Å². The second kappa shape index (κ2) is 2.72. The van der Waals surface area contributed by atoms with E-state index in [9.17, 15) is 13.2 Å². The van der Waals surface area contributed by atoms with Crippen molar-refractivity contribution in [2.45, 2.75) is 19.5 Å². The van der Waals surface area contributed by atoms with Crippen LogP contribution in [0.2, 0.25) is 0 Å². The van der Waals surface area contributed by atoms with Crippen LogP contribution in [-0.4, -0.2) is 6.18 Å². The van der Waals surface area contributed by atoms with Crippen molar-refractivity contribution in [3.63, 3.8) is 0 Å². The van der Waals surface area contributed by atoms with E-state index in [0.29, 0.717) is 0 Å². The van der Waals surface area contributed by atoms with E-state index < -0.39 is 18.5 Å². The molecule has 0 amide bonds. The molecule has 0 aliphatic carbocycles. The van der Waals surface area contributed by atoms with E-state index in [-0.39, 0.29) is 0 Å². The van der Waals surface area contributed by atoms with Crippen LogP contribution < -0.4 is 0 Å². The van der Waals surface area contributed by atoms with Gasteiger partial charge in [-0.2, -0.15) is 18.4 Å². The second-order valence-electron chi connectivity index (χ2n) is 1.85. The Labute approximate surface area is 51.1 Å². The minimum atomic E-state index is -4.20. The van der Waals surface area contributed by atoms with Gasteiger partial charge in [0, 0.05) is 0 Å². The zero-order valence-electron chi connectivity index (χ0n) is 4.87. The highest BCUT2D eigenvalue weighted by Gasteiger charge is 2.29. The fraction of sp³-hybridized carbons (Fsp3) is 0.800. The fourth-order valence-electron chi connectivity index (χ4n) is 0.393. The first kappa shape index (κ1) is 8.28. The maximum atomic E-state index is 11.3. The van der Waals surface area contributed by atoms with E-state index in [0.717, 1.165) is 0 Å². The molecule has 0 heterocycles. The summed E-state index contributed by atoms with van der Waals surface area (Å²) in [6.45, 7) is 1.24. The average molecular weight is 137 g/mol. The smallest absolute Gasteiger partial charge is 0.198 e. The predicted octanol–water partition coefficient (Wildman–Crippen LogP) is 2.10. The molecule has 0 radical (unpaired) electrons. The quantitative estimate of drug-likeness (QED) is 0.542. The lowest BCUT2D eigenvalue weighted by Gasteiger charge is -2.05. The summed E-state index contributed by atoms with van der Waals surface area (Å²) < 4.78 is 34.0. The average Bonchev–Trinajstić information content (AvgIpc) is 1.62. The summed E-state index contributed by atoms with van der Waals surface area (Å²) in [5.74, 6) is -0.926. The molecule has 0 aromatic heterocycles. The Kier molecular flexibility index (Phi) is 2.50. The Morgan fingerprint density at radius 1 is 1.56 bits per heavy atom. The molecule has 0 aromatic rings. The van der Waals surface area contributed by atoms with Crippen molar-refractivity contribution in [1.29, 1.82) is 5.26 Å². The molecule has 0 aromatic carbocycles. The molecule has 0 saturated heterocycles. The van der Waals surface area contributed by atoms with Gasteiger partial charge in [0.1, 0.15) is 0 Å². The van der Waals surface area contributed by atoms with Crippen molar-refractivity contribution in [2.24, 2.45) is 5.92 Å². The summed E-state index contributed by atoms with van der Waals surface area (Å²) in [4.78, 5) is 0. The highest BCUT2D eigenvalue weighted by Crippen LogP contribution is 2.23. The molecule has 0 bridgehead atoms. The Morgan fingerprint density at radius 2 is 2.00 bits per heavy atom. The van der Waals surface area contributed by atoms with E-state index in [4.69, 9.17) is 5.26 Å². The van der Waals surface area contributed by atoms with Crippen LogP contribution in [0, 0.1) is 17.2 Å². The number of alkyl halides is 3. The molecule has 0 aliphatic rings. The van der Waals surface area contributed by atoms with Crippen molar-refractivity contribution in [3.8, 4) is 6.07 Å². The fourth-order valence-corrected chi connectivity index (χ4v) is 0.393. The van der Waals surface area contributed by atoms with E-state index >= 15 is 0 Å². The van der Waals surface area contributed by atoms with Gasteiger partial charge in [0.05, 0.1) is 18.4 Å². The largest absolute Gasteiger partial charge is 0.390 e. The van der Waals surface area contributed by atoms with Gasteiger partial charge in [-0.25, -0.2) is 0 Å². The molecule has 0 saturated carbocycles. The molecular weight excluding hydrogens is 131 g/mol. The third-order valence-corrected chi connectivity index (χ3v) is 0.758. The summed E-state index contributed by atoms with van der Waals surface area (Å²) >= 11 is 0. The van der Waals surface area contributed by atoms with Gasteiger partial charge in [0.25, 0.3) is 0 Å². The zero-order chi connectivity index (χ0) is 7.49. The number of hydrogen-bond acceptors (Lipinski definition) is 1. The zero-order valence-corrected chi connectivity index (χ0v) is 4.87. The highest BCUT2D eigenvalue weighted by molar-refractivity contribution is 4.80. The number of nitriles is 1. The third kappa shape index (κ3) is 5.15. The van der Waals surface area contributed by atoms with Gasteiger partial charge in [-0.1, -0.05) is 0 Å². The van der Waals surface area contributed by atoms with Gasteiger partial charge in [-0.05, 0) is 6.92 Å². The molecule has 9 heavy (non-hydrogen) atoms. The molecule has 52 valence electrons. The summed E-state index contributed by atoms with van der Waals surface area (Å²) in [5.41, 5.74) is 0. The lowest BCUT2D eigenvalue weighted by Crippen LogP contribution is -2.11. The monoisotopic (exact) mass is 137 g/mol. The molecule has 0 aliphatic heterocycles. The normalized spacial score (nSPS) is 14.6. The van der Waals surface area contributed by atoms with E-state index in [1.54, 1.807) is 0 Å². The predicted molar refractivity (Wildman–Crippen MR) is 25.4 cm³/mol. The van der Waals surface area contributed by atoms with Crippen LogP contribution in [-0.2, 0) is 0 Å². The first-order chi connectivity index (χ1) is 3.95. The molecule has 0 fully saturated rings. The number of nitrogens with zero attached hydrogens (tertiary/aromatic N) is 1. The van der Waals surface area contributed by atoms with Gasteiger partial charge < -0.3 is 0 Å². The Balaban J connectivity index is 3.63. The van der Waals surface area contributed by atoms with Gasteiger partial charge in [-0.15, -0.1) is 0 Å². The van der Waals surface area contributed by atoms with Crippen LogP contribution >= 0.6 is 0 Å². The first-order valence-electron chi connectivity index (χ1n) is 2.42. The maximum Gasteiger partial charge on any atom is 0.390 e. The standard InChI is InChI=1S/C5H6F3N/c1-4(3-9)2-5(6,7)8/h4H,2H2,1H3. The number of halogens is 3. The first-order valence-corrected chi connectivity index (χ1v) is 2.42. The molecule has 1 atom stereocenters. The van der Waals surface area contributed by atoms with Gasteiger partial charge in [0.2, 0.25) is 0 Å². The van der Waals surface area contributed by atoms with Gasteiger partial charge in [-0.3, -0.25) is 0 Å². The molecular formula is C5H6F3N. The van der Waals surface area contributed by atoms with E-state index in [1.165, 1.54) is 13.0 Å². The van der Waals surface area contributed by atoms with Crippen LogP contribution in [0.3, 0.4) is 0 Å². The number of hydrogen-bond donors (Lipinski definition) is 0. The van der Waals surface area contributed by atoms with Crippen molar-refractivity contribution in [3.05, 3.63) is 0 Å². The Bertz CT molecular complexity index is 121. The minimum absolute atomic E-state index is 0.926. The molecule has 0 spiro atoms. The lowest BCUT2D eigenvalue weighted by atomic mass is 10.1. The second-order valence-corrected chi connectivity index (χ2v) is 1.85. The van der Waals surface area contributed by atoms with Crippen molar-refractivity contribution in [2.75, 3.05) is 0 Å². The molecule has 0 rings (SSSR count). The summed E-state index contributed by atoms with van der Waals surface area (Å²) in [7, 11) is 0. The van der Waals surface area contributed by atoms with Crippen LogP contribution in [0.1, 0.15) is 13.3 Å². The molecule has 4 heteroatoms. The van der Waals surface area contributed by atoms with Crippen molar-refractivity contribution in [1.82, 2.24) is 0 Å². The topological polar surface area (TPSA) is 23.8 Å². The molecule has 0 N–H and O–H groups in total. The van der Waals surface area contributed by atoms with E-state index in [2.05, 4.69) is 0 Å². The lowest BCUT2D eigenvalue weighted by molar-refractivity contribution is -0.139. The van der Waals surface area contributed by atoms with Crippen molar-refractivity contribution < 1.29 is 13.2 Å². The van der Waals surface area contributed by atoms with Crippen LogP contribution in [0.25, 0.3) is 0 Å². The summed E-state index contributed by atoms with van der Waals surface area (Å²) in [6.07, 6.45) is -5.21. The van der Waals surface area contributed by atoms with Crippen LogP contribution in [0.4, 0.5) is 13.2 Å². The van der Waals surface area contributed by atoms with Crippen LogP contribution in [0.5, 0.6) is 0 Å². The van der Waals surface area contributed by atoms with Gasteiger partial charge in [0.15, 0.2) is 0 Å². The third-order valence-electron chi connectivity index (χ3n) is 0.758. The number of rotatable bonds is 1. The molecule has 1 unspecified atom stereocenters. The van der Waals surface area contributed by atoms with E-state index in [1.807, 2.05) is 0 Å². The minimum Gasteiger partial charge on any atom is -0.198 e. The summed E-state index contributed by atoms with van der Waals surface area (Å²) in [5, 5.41) is 7.95. The SMILES string of the molecule is CC(C#N)CC(F)(F)F. The summed E-state index contributed by atoms with van der Waals surface area (Å²) in [6, 6.07) is 1.50. The van der Waals surface area contributed by atoms with Crippen LogP contribution in [0.15, 0.2) is 0 Å². The Morgan fingerprint density at radius 3 is 2.11 bits per heavy atom. The molecule has 1 nitrogen and oxygen atoms in total.